The summed E-state index contributed by atoms with van der Waals surface area (Å²) in [5, 5.41) is 2.99. The fraction of sp³-hybridized carbons (Fsp3) is 0.333. The third-order valence-electron chi connectivity index (χ3n) is 6.31. The molecular weight excluding hydrogens is 468 g/mol. The van der Waals surface area contributed by atoms with Gasteiger partial charge in [-0.3, -0.25) is 9.59 Å². The first kappa shape index (κ1) is 27.6. The number of carbonyl (C=O) groups is 2. The number of amides is 2. The summed E-state index contributed by atoms with van der Waals surface area (Å²) >= 11 is 0. The van der Waals surface area contributed by atoms with Crippen LogP contribution < -0.4 is 19.5 Å². The van der Waals surface area contributed by atoms with Gasteiger partial charge in [-0.25, -0.2) is 0 Å². The van der Waals surface area contributed by atoms with Crippen molar-refractivity contribution in [1.82, 2.24) is 10.2 Å². The van der Waals surface area contributed by atoms with Gasteiger partial charge in [-0.15, -0.1) is 0 Å². The summed E-state index contributed by atoms with van der Waals surface area (Å²) in [6, 6.07) is 22.5. The van der Waals surface area contributed by atoms with Gasteiger partial charge in [0.15, 0.2) is 11.5 Å². The first-order valence-electron chi connectivity index (χ1n) is 12.4. The van der Waals surface area contributed by atoms with Crippen LogP contribution in [0.25, 0.3) is 0 Å². The Hall–Kier alpha value is -4.00. The molecule has 196 valence electrons. The lowest BCUT2D eigenvalue weighted by molar-refractivity contribution is -0.140. The van der Waals surface area contributed by atoms with E-state index < -0.39 is 6.04 Å². The van der Waals surface area contributed by atoms with Crippen molar-refractivity contribution in [2.75, 3.05) is 27.9 Å². The Labute approximate surface area is 219 Å². The number of ether oxygens (including phenoxy) is 3. The molecule has 3 rings (SSSR count). The second-order valence-corrected chi connectivity index (χ2v) is 8.76. The summed E-state index contributed by atoms with van der Waals surface area (Å²) in [5.41, 5.74) is 3.03. The summed E-state index contributed by atoms with van der Waals surface area (Å²) in [7, 11) is 4.80. The number of rotatable bonds is 13. The lowest BCUT2D eigenvalue weighted by Gasteiger charge is -2.29. The second kappa shape index (κ2) is 13.9. The van der Waals surface area contributed by atoms with Crippen LogP contribution in [-0.2, 0) is 29.0 Å². The van der Waals surface area contributed by atoms with Crippen LogP contribution in [0.3, 0.4) is 0 Å². The SMILES string of the molecule is COc1ccc(CN(C(=O)CCc2ccccc2)[C@H](C)C(=O)NCCc2ccc(OC)c(OC)c2)cc1. The number of nitrogens with zero attached hydrogens (tertiary/aromatic N) is 1. The van der Waals surface area contributed by atoms with Crippen LogP contribution in [0.1, 0.15) is 30.0 Å². The van der Waals surface area contributed by atoms with Gasteiger partial charge in [0, 0.05) is 19.5 Å². The van der Waals surface area contributed by atoms with Gasteiger partial charge in [0.2, 0.25) is 11.8 Å². The average Bonchev–Trinajstić information content (AvgIpc) is 2.94. The van der Waals surface area contributed by atoms with E-state index in [0.29, 0.717) is 43.9 Å². The van der Waals surface area contributed by atoms with E-state index in [9.17, 15) is 9.59 Å². The van der Waals surface area contributed by atoms with E-state index in [0.717, 1.165) is 22.4 Å². The lowest BCUT2D eigenvalue weighted by atomic mass is 10.1. The molecule has 0 saturated heterocycles. The van der Waals surface area contributed by atoms with Crippen LogP contribution in [0, 0.1) is 0 Å². The van der Waals surface area contributed by atoms with Crippen molar-refractivity contribution < 1.29 is 23.8 Å². The van der Waals surface area contributed by atoms with Gasteiger partial charge in [0.05, 0.1) is 21.3 Å². The van der Waals surface area contributed by atoms with Crippen molar-refractivity contribution in [3.63, 3.8) is 0 Å². The fourth-order valence-electron chi connectivity index (χ4n) is 4.06. The van der Waals surface area contributed by atoms with Crippen LogP contribution in [0.4, 0.5) is 0 Å². The zero-order valence-corrected chi connectivity index (χ0v) is 22.0. The molecule has 0 fully saturated rings. The average molecular weight is 505 g/mol. The van der Waals surface area contributed by atoms with E-state index in [2.05, 4.69) is 5.32 Å². The molecule has 0 heterocycles. The molecule has 0 bridgehead atoms. The van der Waals surface area contributed by atoms with Crippen molar-refractivity contribution >= 4 is 11.8 Å². The molecule has 0 aliphatic heterocycles. The van der Waals surface area contributed by atoms with Gasteiger partial charge >= 0.3 is 0 Å². The van der Waals surface area contributed by atoms with Gasteiger partial charge in [0.1, 0.15) is 11.8 Å². The van der Waals surface area contributed by atoms with Crippen LogP contribution >= 0.6 is 0 Å². The molecule has 0 aliphatic carbocycles. The molecule has 0 aromatic heterocycles. The molecule has 1 N–H and O–H groups in total. The normalized spacial score (nSPS) is 11.4. The van der Waals surface area contributed by atoms with E-state index in [1.165, 1.54) is 0 Å². The van der Waals surface area contributed by atoms with E-state index in [4.69, 9.17) is 14.2 Å². The van der Waals surface area contributed by atoms with E-state index in [1.807, 2.05) is 72.8 Å². The molecule has 0 aliphatic rings. The lowest BCUT2D eigenvalue weighted by Crippen LogP contribution is -2.48. The zero-order chi connectivity index (χ0) is 26.6. The molecule has 2 amide bonds. The second-order valence-electron chi connectivity index (χ2n) is 8.76. The highest BCUT2D eigenvalue weighted by Crippen LogP contribution is 2.27. The smallest absolute Gasteiger partial charge is 0.242 e. The zero-order valence-electron chi connectivity index (χ0n) is 22.0. The topological polar surface area (TPSA) is 77.1 Å². The Bertz CT molecular complexity index is 1150. The van der Waals surface area contributed by atoms with Gasteiger partial charge in [-0.2, -0.15) is 0 Å². The van der Waals surface area contributed by atoms with Gasteiger partial charge in [0.25, 0.3) is 0 Å². The third kappa shape index (κ3) is 8.00. The highest BCUT2D eigenvalue weighted by Gasteiger charge is 2.26. The van der Waals surface area contributed by atoms with E-state index in [1.54, 1.807) is 33.2 Å². The maximum atomic E-state index is 13.3. The maximum absolute atomic E-state index is 13.3. The molecule has 0 radical (unpaired) electrons. The number of hydrogen-bond acceptors (Lipinski definition) is 5. The summed E-state index contributed by atoms with van der Waals surface area (Å²) in [6.45, 7) is 2.55. The number of carbonyl (C=O) groups excluding carboxylic acids is 2. The van der Waals surface area contributed by atoms with Crippen molar-refractivity contribution in [3.05, 3.63) is 89.5 Å². The Kier molecular flexibility index (Phi) is 10.4. The van der Waals surface area contributed by atoms with E-state index in [-0.39, 0.29) is 11.8 Å². The Morgan fingerprint density at radius 3 is 2.11 bits per heavy atom. The van der Waals surface area contributed by atoms with Crippen molar-refractivity contribution in [3.8, 4) is 17.2 Å². The highest BCUT2D eigenvalue weighted by atomic mass is 16.5. The molecule has 7 heteroatoms. The summed E-state index contributed by atoms with van der Waals surface area (Å²) in [4.78, 5) is 28.1. The quantitative estimate of drug-likeness (QED) is 0.373. The van der Waals surface area contributed by atoms with E-state index >= 15 is 0 Å². The Morgan fingerprint density at radius 2 is 1.46 bits per heavy atom. The van der Waals surface area contributed by atoms with Crippen LogP contribution in [0.5, 0.6) is 17.2 Å². The molecule has 0 unspecified atom stereocenters. The number of aryl methyl sites for hydroxylation is 1. The number of methoxy groups -OCH3 is 3. The first-order chi connectivity index (χ1) is 17.9. The van der Waals surface area contributed by atoms with Gasteiger partial charge < -0.3 is 24.4 Å². The molecule has 3 aromatic rings. The monoisotopic (exact) mass is 504 g/mol. The fourth-order valence-corrected chi connectivity index (χ4v) is 4.06. The largest absolute Gasteiger partial charge is 0.497 e. The minimum Gasteiger partial charge on any atom is -0.497 e. The maximum Gasteiger partial charge on any atom is 0.242 e. The number of benzene rings is 3. The molecule has 0 spiro atoms. The Morgan fingerprint density at radius 1 is 0.784 bits per heavy atom. The van der Waals surface area contributed by atoms with Crippen molar-refractivity contribution in [1.29, 1.82) is 0 Å². The van der Waals surface area contributed by atoms with Crippen LogP contribution in [0.15, 0.2) is 72.8 Å². The minimum atomic E-state index is -0.629. The molecular formula is C30H36N2O5. The van der Waals surface area contributed by atoms with Crippen molar-refractivity contribution in [2.45, 2.75) is 38.8 Å². The molecule has 3 aromatic carbocycles. The number of hydrogen-bond donors (Lipinski definition) is 1. The summed E-state index contributed by atoms with van der Waals surface area (Å²) in [6.07, 6.45) is 1.56. The van der Waals surface area contributed by atoms with Crippen LogP contribution in [0.2, 0.25) is 0 Å². The highest BCUT2D eigenvalue weighted by molar-refractivity contribution is 5.87. The van der Waals surface area contributed by atoms with Crippen molar-refractivity contribution in [2.24, 2.45) is 0 Å². The molecule has 7 nitrogen and oxygen atoms in total. The van der Waals surface area contributed by atoms with Gasteiger partial charge in [-0.1, -0.05) is 48.5 Å². The summed E-state index contributed by atoms with van der Waals surface area (Å²) in [5.74, 6) is 1.79. The first-order valence-corrected chi connectivity index (χ1v) is 12.4. The molecule has 0 saturated carbocycles. The number of nitrogens with one attached hydrogen (secondary N) is 1. The standard InChI is InChI=1S/C30H36N2O5/c1-22(30(34)31-19-18-24-12-16-27(36-3)28(20-24)37-4)32(21-25-10-14-26(35-2)15-11-25)29(33)17-13-23-8-6-5-7-9-23/h5-12,14-16,20,22H,13,17-19,21H2,1-4H3,(H,31,34)/t22-/m1/s1. The molecule has 37 heavy (non-hydrogen) atoms. The predicted molar refractivity (Wildman–Crippen MR) is 144 cm³/mol. The Balaban J connectivity index is 1.65. The molecule has 1 atom stereocenters. The minimum absolute atomic E-state index is 0.0674. The third-order valence-corrected chi connectivity index (χ3v) is 6.31. The van der Waals surface area contributed by atoms with Crippen LogP contribution in [-0.4, -0.2) is 50.6 Å². The predicted octanol–water partition coefficient (Wildman–Crippen LogP) is 4.42. The summed E-state index contributed by atoms with van der Waals surface area (Å²) < 4.78 is 15.9. The van der Waals surface area contributed by atoms with Gasteiger partial charge in [-0.05, 0) is 60.7 Å².